The first kappa shape index (κ1) is 27.6. The Hall–Kier alpha value is -4.01. The lowest BCUT2D eigenvalue weighted by atomic mass is 9.91. The number of pyridine rings is 2. The minimum absolute atomic E-state index is 0.117. The summed E-state index contributed by atoms with van der Waals surface area (Å²) in [5, 5.41) is 0. The minimum Gasteiger partial charge on any atom is -0.465 e. The van der Waals surface area contributed by atoms with Crippen LogP contribution in [0.25, 0.3) is 0 Å². The van der Waals surface area contributed by atoms with Crippen LogP contribution in [-0.2, 0) is 10.2 Å². The van der Waals surface area contributed by atoms with Crippen molar-refractivity contribution in [1.29, 1.82) is 0 Å². The highest BCUT2D eigenvalue weighted by atomic mass is 19.1. The summed E-state index contributed by atoms with van der Waals surface area (Å²) in [7, 11) is 1.37. The molecule has 9 heteroatoms. The van der Waals surface area contributed by atoms with Crippen molar-refractivity contribution in [3.8, 4) is 0 Å². The topological polar surface area (TPSA) is 78.9 Å². The molecule has 3 aromatic rings. The molecule has 0 atom stereocenters. The third kappa shape index (κ3) is 4.78. The number of methoxy groups -OCH3 is 1. The molecule has 2 aliphatic heterocycles. The molecule has 5 rings (SSSR count). The summed E-state index contributed by atoms with van der Waals surface area (Å²) >= 11 is 0. The summed E-state index contributed by atoms with van der Waals surface area (Å²) in [6.45, 7) is 14.3. The van der Waals surface area contributed by atoms with E-state index in [4.69, 9.17) is 14.7 Å². The molecule has 0 aliphatic carbocycles. The van der Waals surface area contributed by atoms with E-state index in [1.807, 2.05) is 50.8 Å². The van der Waals surface area contributed by atoms with Crippen LogP contribution in [0.2, 0.25) is 0 Å². The Bertz CT molecular complexity index is 1480. The molecule has 0 saturated carbocycles. The van der Waals surface area contributed by atoms with Crippen molar-refractivity contribution in [3.05, 3.63) is 76.5 Å². The number of hydrogen-bond donors (Lipinski definition) is 0. The molecule has 0 spiro atoms. The first-order chi connectivity index (χ1) is 18.8. The van der Waals surface area contributed by atoms with Crippen LogP contribution in [0.3, 0.4) is 0 Å². The molecule has 0 bridgehead atoms. The maximum absolute atomic E-state index is 14.0. The number of fused-ring (bicyclic) bond motifs is 1. The number of amides is 1. The fourth-order valence-electron chi connectivity index (χ4n) is 5.97. The number of halogens is 1. The number of benzene rings is 1. The minimum atomic E-state index is -0.496. The van der Waals surface area contributed by atoms with E-state index in [0.717, 1.165) is 28.5 Å². The van der Waals surface area contributed by atoms with Crippen LogP contribution in [0.15, 0.2) is 42.5 Å². The summed E-state index contributed by atoms with van der Waals surface area (Å²) in [6, 6.07) is 12.1. The van der Waals surface area contributed by atoms with Gasteiger partial charge in [0.1, 0.15) is 17.3 Å². The van der Waals surface area contributed by atoms with Gasteiger partial charge in [-0.15, -0.1) is 0 Å². The summed E-state index contributed by atoms with van der Waals surface area (Å²) in [5.74, 6) is -0.0230. The third-order valence-corrected chi connectivity index (χ3v) is 7.94. The van der Waals surface area contributed by atoms with Gasteiger partial charge in [0.15, 0.2) is 0 Å². The smallest absolute Gasteiger partial charge is 0.339 e. The second-order valence-electron chi connectivity index (χ2n) is 12.0. The van der Waals surface area contributed by atoms with Gasteiger partial charge in [-0.25, -0.2) is 19.2 Å². The molecule has 210 valence electrons. The van der Waals surface area contributed by atoms with Gasteiger partial charge >= 0.3 is 5.97 Å². The Morgan fingerprint density at radius 3 is 2.38 bits per heavy atom. The van der Waals surface area contributed by atoms with Crippen LogP contribution in [-0.4, -0.2) is 65.6 Å². The highest BCUT2D eigenvalue weighted by Crippen LogP contribution is 2.43. The lowest BCUT2D eigenvalue weighted by Crippen LogP contribution is -2.61. The molecule has 2 aliphatic rings. The molecule has 1 fully saturated rings. The SMILES string of the molecule is COC(=O)c1c(C)cc(N2CCN(C(=O)c3ccc4c(n3)C(C)(C)CN4c3cccc(F)c3)C(C)(C)C2)nc1C. The standard InChI is InChI=1S/C31H36FN5O3/c1-19-15-25(33-20(2)26(19)29(39)40-7)35-13-14-37(31(5,6)18-35)28(38)23-11-12-24-27(34-23)30(3,4)17-36(24)22-10-8-9-21(32)16-22/h8-12,15-16H,13-14,17-18H2,1-7H3. The van der Waals surface area contributed by atoms with Gasteiger partial charge in [-0.2, -0.15) is 0 Å². The third-order valence-electron chi connectivity index (χ3n) is 7.94. The molecular weight excluding hydrogens is 509 g/mol. The largest absolute Gasteiger partial charge is 0.465 e. The molecule has 0 radical (unpaired) electrons. The number of hydrogen-bond acceptors (Lipinski definition) is 7. The zero-order valence-electron chi connectivity index (χ0n) is 24.2. The molecule has 0 unspecified atom stereocenters. The average molecular weight is 546 g/mol. The first-order valence-corrected chi connectivity index (χ1v) is 13.5. The number of rotatable bonds is 4. The molecule has 1 aromatic carbocycles. The zero-order valence-corrected chi connectivity index (χ0v) is 24.2. The van der Waals surface area contributed by atoms with Gasteiger partial charge in [0.2, 0.25) is 0 Å². The number of ether oxygens (including phenoxy) is 1. The van der Waals surface area contributed by atoms with Gasteiger partial charge in [-0.05, 0) is 69.7 Å². The molecule has 8 nitrogen and oxygen atoms in total. The van der Waals surface area contributed by atoms with Crippen LogP contribution in [0.5, 0.6) is 0 Å². The van der Waals surface area contributed by atoms with Crippen molar-refractivity contribution < 1.29 is 18.7 Å². The summed E-state index contributed by atoms with van der Waals surface area (Å²) in [6.07, 6.45) is 0. The zero-order chi connectivity index (χ0) is 29.0. The summed E-state index contributed by atoms with van der Waals surface area (Å²) in [5.41, 5.74) is 4.00. The van der Waals surface area contributed by atoms with Crippen molar-refractivity contribution in [2.24, 2.45) is 0 Å². The molecule has 0 N–H and O–H groups in total. The Morgan fingerprint density at radius 1 is 0.975 bits per heavy atom. The average Bonchev–Trinajstić information content (AvgIpc) is 3.17. The number of aromatic nitrogens is 2. The van der Waals surface area contributed by atoms with Crippen molar-refractivity contribution in [1.82, 2.24) is 14.9 Å². The molecule has 1 amide bonds. The van der Waals surface area contributed by atoms with Gasteiger partial charge in [-0.3, -0.25) is 4.79 Å². The highest BCUT2D eigenvalue weighted by Gasteiger charge is 2.41. The Balaban J connectivity index is 1.38. The van der Waals surface area contributed by atoms with Crippen LogP contribution in [0, 0.1) is 19.7 Å². The van der Waals surface area contributed by atoms with Gasteiger partial charge < -0.3 is 19.4 Å². The Labute approximate surface area is 234 Å². The van der Waals surface area contributed by atoms with E-state index in [-0.39, 0.29) is 17.1 Å². The van der Waals surface area contributed by atoms with Crippen molar-refractivity contribution in [3.63, 3.8) is 0 Å². The highest BCUT2D eigenvalue weighted by molar-refractivity contribution is 5.94. The van der Waals surface area contributed by atoms with E-state index in [0.29, 0.717) is 43.1 Å². The van der Waals surface area contributed by atoms with Gasteiger partial charge in [0.05, 0.1) is 35.3 Å². The Kier molecular flexibility index (Phi) is 6.80. The van der Waals surface area contributed by atoms with Crippen LogP contribution < -0.4 is 9.80 Å². The predicted octanol–water partition coefficient (Wildman–Crippen LogP) is 5.19. The van der Waals surface area contributed by atoms with Crippen LogP contribution in [0.1, 0.15) is 65.5 Å². The van der Waals surface area contributed by atoms with E-state index in [1.165, 1.54) is 19.2 Å². The van der Waals surface area contributed by atoms with Crippen molar-refractivity contribution in [2.75, 3.05) is 43.1 Å². The number of nitrogens with zero attached hydrogens (tertiary/aromatic N) is 5. The lowest BCUT2D eigenvalue weighted by molar-refractivity contribution is 0.0505. The van der Waals surface area contributed by atoms with Crippen LogP contribution in [0.4, 0.5) is 21.6 Å². The molecule has 1 saturated heterocycles. The van der Waals surface area contributed by atoms with E-state index >= 15 is 0 Å². The lowest BCUT2D eigenvalue weighted by Gasteiger charge is -2.47. The first-order valence-electron chi connectivity index (χ1n) is 13.5. The molecular formula is C31H36FN5O3. The number of esters is 1. The van der Waals surface area contributed by atoms with Crippen LogP contribution >= 0.6 is 0 Å². The molecule has 4 heterocycles. The fraction of sp³-hybridized carbons (Fsp3) is 0.419. The van der Waals surface area contributed by atoms with Gasteiger partial charge in [-0.1, -0.05) is 19.9 Å². The number of anilines is 3. The van der Waals surface area contributed by atoms with Crippen molar-refractivity contribution >= 4 is 29.1 Å². The normalized spacial score (nSPS) is 17.6. The summed E-state index contributed by atoms with van der Waals surface area (Å²) in [4.78, 5) is 41.7. The monoisotopic (exact) mass is 545 g/mol. The second-order valence-corrected chi connectivity index (χ2v) is 12.0. The maximum Gasteiger partial charge on any atom is 0.339 e. The van der Waals surface area contributed by atoms with E-state index in [2.05, 4.69) is 23.6 Å². The van der Waals surface area contributed by atoms with Crippen molar-refractivity contribution in [2.45, 2.75) is 52.5 Å². The van der Waals surface area contributed by atoms with E-state index in [9.17, 15) is 14.0 Å². The number of piperazine rings is 1. The number of aryl methyl sites for hydroxylation is 2. The number of carbonyl (C=O) groups is 2. The van der Waals surface area contributed by atoms with Gasteiger partial charge in [0.25, 0.3) is 5.91 Å². The maximum atomic E-state index is 14.0. The molecule has 40 heavy (non-hydrogen) atoms. The quantitative estimate of drug-likeness (QED) is 0.418. The van der Waals surface area contributed by atoms with E-state index in [1.54, 1.807) is 12.1 Å². The summed E-state index contributed by atoms with van der Waals surface area (Å²) < 4.78 is 18.9. The van der Waals surface area contributed by atoms with Gasteiger partial charge in [0, 0.05) is 37.3 Å². The fourth-order valence-corrected chi connectivity index (χ4v) is 5.97. The Morgan fingerprint density at radius 2 is 1.73 bits per heavy atom. The second kappa shape index (κ2) is 9.87. The van der Waals surface area contributed by atoms with E-state index < -0.39 is 11.5 Å². The molecule has 2 aromatic heterocycles. The number of carbonyl (C=O) groups excluding carboxylic acids is 2. The predicted molar refractivity (Wildman–Crippen MR) is 153 cm³/mol.